The van der Waals surface area contributed by atoms with E-state index in [1.807, 2.05) is 18.2 Å². The molecule has 0 saturated carbocycles. The molecule has 4 nitrogen and oxygen atoms in total. The number of fused-ring (bicyclic) bond motifs is 1. The van der Waals surface area contributed by atoms with Crippen LogP contribution >= 0.6 is 0 Å². The lowest BCUT2D eigenvalue weighted by Gasteiger charge is -2.16. The number of hydrogen-bond acceptors (Lipinski definition) is 3. The summed E-state index contributed by atoms with van der Waals surface area (Å²) in [5.74, 6) is 0.954. The first kappa shape index (κ1) is 16.5. The molecule has 0 aromatic heterocycles. The Kier molecular flexibility index (Phi) is 4.58. The molecule has 0 aliphatic carbocycles. The highest BCUT2D eigenvalue weighted by Crippen LogP contribution is 2.35. The number of carbonyl (C=O) groups is 1. The predicted octanol–water partition coefficient (Wildman–Crippen LogP) is 3.65. The summed E-state index contributed by atoms with van der Waals surface area (Å²) in [6.07, 6.45) is 0.953. The summed E-state index contributed by atoms with van der Waals surface area (Å²) >= 11 is 0. The molecule has 0 radical (unpaired) electrons. The highest BCUT2D eigenvalue weighted by molar-refractivity contribution is 5.88. The van der Waals surface area contributed by atoms with Crippen molar-refractivity contribution in [3.63, 3.8) is 0 Å². The number of carbonyl (C=O) groups excluding carboxylic acids is 1. The molecular weight excluding hydrogens is 300 g/mol. The van der Waals surface area contributed by atoms with Crippen molar-refractivity contribution in [1.82, 2.24) is 5.32 Å². The van der Waals surface area contributed by atoms with E-state index in [4.69, 9.17) is 4.74 Å². The van der Waals surface area contributed by atoms with Crippen molar-refractivity contribution in [3.05, 3.63) is 59.2 Å². The second kappa shape index (κ2) is 6.65. The lowest BCUT2D eigenvalue weighted by molar-refractivity contribution is -0.114. The van der Waals surface area contributed by atoms with Crippen molar-refractivity contribution >= 4 is 11.6 Å². The highest BCUT2D eigenvalue weighted by Gasteiger charge is 2.29. The standard InChI is InChI=1S/C20H24N2O2/c1-14(23)22-18-6-4-5-15(10-18)12-21-13-16-7-8-19-17(9-16)11-20(2,3)24-19/h4-10,21H,11-13H2,1-3H3,(H,22,23). The molecule has 1 aliphatic heterocycles. The first-order valence-electron chi connectivity index (χ1n) is 8.29. The largest absolute Gasteiger partial charge is 0.487 e. The maximum absolute atomic E-state index is 11.1. The summed E-state index contributed by atoms with van der Waals surface area (Å²) in [5, 5.41) is 6.27. The Labute approximate surface area is 143 Å². The summed E-state index contributed by atoms with van der Waals surface area (Å²) < 4.78 is 5.91. The minimum absolute atomic E-state index is 0.0524. The van der Waals surface area contributed by atoms with Gasteiger partial charge in [0.15, 0.2) is 0 Å². The minimum Gasteiger partial charge on any atom is -0.487 e. The Balaban J connectivity index is 1.57. The number of ether oxygens (including phenoxy) is 1. The van der Waals surface area contributed by atoms with E-state index < -0.39 is 0 Å². The monoisotopic (exact) mass is 324 g/mol. The van der Waals surface area contributed by atoms with Gasteiger partial charge in [-0.1, -0.05) is 24.3 Å². The number of hydrogen-bond donors (Lipinski definition) is 2. The number of rotatable bonds is 5. The van der Waals surface area contributed by atoms with E-state index >= 15 is 0 Å². The molecule has 2 N–H and O–H groups in total. The van der Waals surface area contributed by atoms with Gasteiger partial charge in [-0.3, -0.25) is 4.79 Å². The zero-order valence-corrected chi connectivity index (χ0v) is 14.5. The van der Waals surface area contributed by atoms with Gasteiger partial charge < -0.3 is 15.4 Å². The molecule has 4 heteroatoms. The van der Waals surface area contributed by atoms with Crippen LogP contribution in [0, 0.1) is 0 Å². The molecule has 2 aromatic carbocycles. The number of anilines is 1. The summed E-state index contributed by atoms with van der Waals surface area (Å²) in [6.45, 7) is 7.31. The Morgan fingerprint density at radius 2 is 1.88 bits per heavy atom. The lowest BCUT2D eigenvalue weighted by atomic mass is 10.0. The van der Waals surface area contributed by atoms with Crippen molar-refractivity contribution in [1.29, 1.82) is 0 Å². The van der Waals surface area contributed by atoms with Gasteiger partial charge in [0.25, 0.3) is 0 Å². The molecule has 0 fully saturated rings. The maximum Gasteiger partial charge on any atom is 0.221 e. The van der Waals surface area contributed by atoms with Crippen LogP contribution in [0.5, 0.6) is 5.75 Å². The van der Waals surface area contributed by atoms with Crippen LogP contribution in [0.25, 0.3) is 0 Å². The molecular formula is C20H24N2O2. The number of benzene rings is 2. The lowest BCUT2D eigenvalue weighted by Crippen LogP contribution is -2.24. The number of amides is 1. The zero-order valence-electron chi connectivity index (χ0n) is 14.5. The average molecular weight is 324 g/mol. The fourth-order valence-electron chi connectivity index (χ4n) is 3.09. The molecule has 126 valence electrons. The Morgan fingerprint density at radius 3 is 2.62 bits per heavy atom. The van der Waals surface area contributed by atoms with Gasteiger partial charge in [-0.25, -0.2) is 0 Å². The molecule has 0 atom stereocenters. The molecule has 1 heterocycles. The summed E-state index contributed by atoms with van der Waals surface area (Å²) in [6, 6.07) is 14.3. The topological polar surface area (TPSA) is 50.4 Å². The molecule has 1 aliphatic rings. The number of nitrogens with one attached hydrogen (secondary N) is 2. The molecule has 3 rings (SSSR count). The molecule has 1 amide bonds. The second-order valence-electron chi connectivity index (χ2n) is 6.97. The van der Waals surface area contributed by atoms with Crippen LogP contribution in [0.4, 0.5) is 5.69 Å². The van der Waals surface area contributed by atoms with Gasteiger partial charge in [0.05, 0.1) is 0 Å². The van der Waals surface area contributed by atoms with Gasteiger partial charge >= 0.3 is 0 Å². The molecule has 0 bridgehead atoms. The van der Waals surface area contributed by atoms with Crippen molar-refractivity contribution < 1.29 is 9.53 Å². The van der Waals surface area contributed by atoms with Gasteiger partial charge in [-0.15, -0.1) is 0 Å². The molecule has 0 spiro atoms. The van der Waals surface area contributed by atoms with Crippen molar-refractivity contribution in [2.24, 2.45) is 0 Å². The van der Waals surface area contributed by atoms with E-state index in [1.165, 1.54) is 18.1 Å². The van der Waals surface area contributed by atoms with E-state index in [0.717, 1.165) is 36.5 Å². The molecule has 0 saturated heterocycles. The van der Waals surface area contributed by atoms with E-state index in [2.05, 4.69) is 48.7 Å². The van der Waals surface area contributed by atoms with Gasteiger partial charge in [-0.05, 0) is 48.7 Å². The van der Waals surface area contributed by atoms with E-state index in [0.29, 0.717) is 0 Å². The van der Waals surface area contributed by atoms with Crippen LogP contribution < -0.4 is 15.4 Å². The molecule has 2 aromatic rings. The Morgan fingerprint density at radius 1 is 1.12 bits per heavy atom. The summed E-state index contributed by atoms with van der Waals surface area (Å²) in [7, 11) is 0. The first-order valence-corrected chi connectivity index (χ1v) is 8.29. The second-order valence-corrected chi connectivity index (χ2v) is 6.97. The van der Waals surface area contributed by atoms with Crippen molar-refractivity contribution in [2.45, 2.75) is 45.9 Å². The average Bonchev–Trinajstić information content (AvgIpc) is 2.80. The first-order chi connectivity index (χ1) is 11.4. The quantitative estimate of drug-likeness (QED) is 0.883. The van der Waals surface area contributed by atoms with Crippen molar-refractivity contribution in [3.8, 4) is 5.75 Å². The normalized spacial score (nSPS) is 14.8. The third-order valence-electron chi connectivity index (χ3n) is 4.03. The third-order valence-corrected chi connectivity index (χ3v) is 4.03. The fraction of sp³-hybridized carbons (Fsp3) is 0.350. The van der Waals surface area contributed by atoms with Crippen molar-refractivity contribution in [2.75, 3.05) is 5.32 Å². The van der Waals surface area contributed by atoms with Crippen LogP contribution in [0.1, 0.15) is 37.5 Å². The van der Waals surface area contributed by atoms with Gasteiger partial charge in [0, 0.05) is 32.1 Å². The van der Waals surface area contributed by atoms with Gasteiger partial charge in [0.2, 0.25) is 5.91 Å². The van der Waals surface area contributed by atoms with E-state index in [-0.39, 0.29) is 11.5 Å². The smallest absolute Gasteiger partial charge is 0.221 e. The predicted molar refractivity (Wildman–Crippen MR) is 96.1 cm³/mol. The van der Waals surface area contributed by atoms with Crippen LogP contribution in [0.3, 0.4) is 0 Å². The van der Waals surface area contributed by atoms with Crippen LogP contribution in [-0.4, -0.2) is 11.5 Å². The van der Waals surface area contributed by atoms with Gasteiger partial charge in [-0.2, -0.15) is 0 Å². The molecule has 24 heavy (non-hydrogen) atoms. The van der Waals surface area contributed by atoms with Crippen LogP contribution in [-0.2, 0) is 24.3 Å². The summed E-state index contributed by atoms with van der Waals surface area (Å²) in [4.78, 5) is 11.1. The highest BCUT2D eigenvalue weighted by atomic mass is 16.5. The van der Waals surface area contributed by atoms with E-state index in [1.54, 1.807) is 0 Å². The summed E-state index contributed by atoms with van der Waals surface area (Å²) in [5.41, 5.74) is 4.42. The Bertz CT molecular complexity index is 753. The molecule has 0 unspecified atom stereocenters. The van der Waals surface area contributed by atoms with E-state index in [9.17, 15) is 4.79 Å². The van der Waals surface area contributed by atoms with Crippen LogP contribution in [0.2, 0.25) is 0 Å². The minimum atomic E-state index is -0.0987. The van der Waals surface area contributed by atoms with Crippen LogP contribution in [0.15, 0.2) is 42.5 Å². The zero-order chi connectivity index (χ0) is 17.2. The fourth-order valence-corrected chi connectivity index (χ4v) is 3.09. The Hall–Kier alpha value is -2.33. The van der Waals surface area contributed by atoms with Gasteiger partial charge in [0.1, 0.15) is 11.4 Å². The maximum atomic E-state index is 11.1. The third kappa shape index (κ3) is 4.15. The SMILES string of the molecule is CC(=O)Nc1cccc(CNCc2ccc3c(c2)CC(C)(C)O3)c1.